The van der Waals surface area contributed by atoms with Gasteiger partial charge >= 0.3 is 0 Å². The summed E-state index contributed by atoms with van der Waals surface area (Å²) in [6.45, 7) is 1.06. The summed E-state index contributed by atoms with van der Waals surface area (Å²) in [6.07, 6.45) is 3.23. The average molecular weight is 266 g/mol. The van der Waals surface area contributed by atoms with Gasteiger partial charge in [-0.25, -0.2) is 8.42 Å². The van der Waals surface area contributed by atoms with Crippen LogP contribution in [0.2, 0.25) is 0 Å². The van der Waals surface area contributed by atoms with Gasteiger partial charge in [0.15, 0.2) is 0 Å². The molecule has 0 spiro atoms. The molecule has 1 aromatic rings. The third-order valence-corrected chi connectivity index (χ3v) is 6.01. The number of rotatable bonds is 3. The second kappa shape index (κ2) is 4.33. The number of fused-ring (bicyclic) bond motifs is 2. The molecule has 2 bridgehead atoms. The van der Waals surface area contributed by atoms with E-state index < -0.39 is 10.0 Å². The second-order valence-electron chi connectivity index (χ2n) is 5.26. The van der Waals surface area contributed by atoms with Crippen molar-refractivity contribution in [2.45, 2.75) is 36.7 Å². The molecule has 1 aliphatic heterocycles. The summed E-state index contributed by atoms with van der Waals surface area (Å²) in [6, 6.07) is 7.21. The van der Waals surface area contributed by atoms with Crippen LogP contribution in [-0.2, 0) is 16.6 Å². The number of nitrogens with zero attached hydrogens (tertiary/aromatic N) is 1. The van der Waals surface area contributed by atoms with E-state index in [0.29, 0.717) is 23.9 Å². The molecule has 2 aliphatic rings. The van der Waals surface area contributed by atoms with E-state index in [0.717, 1.165) is 18.4 Å². The van der Waals surface area contributed by atoms with Crippen molar-refractivity contribution in [1.29, 1.82) is 0 Å². The van der Waals surface area contributed by atoms with E-state index >= 15 is 0 Å². The van der Waals surface area contributed by atoms with E-state index in [1.807, 2.05) is 6.07 Å². The maximum atomic E-state index is 12.6. The quantitative estimate of drug-likeness (QED) is 0.897. The molecule has 1 aromatic carbocycles. The van der Waals surface area contributed by atoms with Crippen molar-refractivity contribution in [1.82, 2.24) is 4.31 Å². The predicted octanol–water partition coefficient (Wildman–Crippen LogP) is 1.32. The maximum Gasteiger partial charge on any atom is 0.243 e. The van der Waals surface area contributed by atoms with Gasteiger partial charge in [-0.2, -0.15) is 4.31 Å². The van der Waals surface area contributed by atoms with Gasteiger partial charge in [0, 0.05) is 19.1 Å². The molecule has 5 heteroatoms. The highest BCUT2D eigenvalue weighted by molar-refractivity contribution is 7.89. The number of benzene rings is 1. The van der Waals surface area contributed by atoms with E-state index in [9.17, 15) is 8.42 Å². The van der Waals surface area contributed by atoms with E-state index in [2.05, 4.69) is 0 Å². The standard InChI is InChI=1S/C13H18N2O2S/c14-8-10-2-1-3-13(7-10)18(16,17)15-9-11-4-5-12(15)6-11/h1-3,7,11-12H,4-6,8-9,14H2. The maximum absolute atomic E-state index is 12.6. The smallest absolute Gasteiger partial charge is 0.243 e. The zero-order chi connectivity index (χ0) is 12.8. The van der Waals surface area contributed by atoms with Crippen molar-refractivity contribution in [2.24, 2.45) is 11.7 Å². The van der Waals surface area contributed by atoms with Crippen LogP contribution in [0.25, 0.3) is 0 Å². The molecule has 2 unspecified atom stereocenters. The van der Waals surface area contributed by atoms with Crippen LogP contribution in [0.4, 0.5) is 0 Å². The fraction of sp³-hybridized carbons (Fsp3) is 0.538. The van der Waals surface area contributed by atoms with Crippen LogP contribution in [0.1, 0.15) is 24.8 Å². The molecule has 0 radical (unpaired) electrons. The van der Waals surface area contributed by atoms with Crippen molar-refractivity contribution in [2.75, 3.05) is 6.54 Å². The van der Waals surface area contributed by atoms with Crippen LogP contribution >= 0.6 is 0 Å². The Kier molecular flexibility index (Phi) is 2.92. The number of sulfonamides is 1. The first kappa shape index (κ1) is 12.1. The topological polar surface area (TPSA) is 63.4 Å². The van der Waals surface area contributed by atoms with E-state index in [4.69, 9.17) is 5.73 Å². The third kappa shape index (κ3) is 1.86. The molecule has 1 saturated heterocycles. The van der Waals surface area contributed by atoms with Gasteiger partial charge in [0.05, 0.1) is 4.90 Å². The Balaban J connectivity index is 1.94. The normalized spacial score (nSPS) is 27.8. The zero-order valence-corrected chi connectivity index (χ0v) is 11.1. The lowest BCUT2D eigenvalue weighted by Gasteiger charge is -2.26. The second-order valence-corrected chi connectivity index (χ2v) is 7.15. The predicted molar refractivity (Wildman–Crippen MR) is 69.4 cm³/mol. The molecule has 2 fully saturated rings. The van der Waals surface area contributed by atoms with Gasteiger partial charge < -0.3 is 5.73 Å². The fourth-order valence-corrected chi connectivity index (χ4v) is 4.95. The Bertz CT molecular complexity index is 556. The van der Waals surface area contributed by atoms with Crippen molar-refractivity contribution in [3.63, 3.8) is 0 Å². The number of hydrogen-bond donors (Lipinski definition) is 1. The monoisotopic (exact) mass is 266 g/mol. The van der Waals surface area contributed by atoms with Crippen LogP contribution in [0.5, 0.6) is 0 Å². The zero-order valence-electron chi connectivity index (χ0n) is 10.2. The molecule has 2 atom stereocenters. The highest BCUT2D eigenvalue weighted by Gasteiger charge is 2.44. The van der Waals surface area contributed by atoms with E-state index in [1.54, 1.807) is 22.5 Å². The van der Waals surface area contributed by atoms with Gasteiger partial charge in [0.2, 0.25) is 10.0 Å². The molecular formula is C13H18N2O2S. The highest BCUT2D eigenvalue weighted by Crippen LogP contribution is 2.40. The SMILES string of the molecule is NCc1cccc(S(=O)(=O)N2CC3CCC2C3)c1. The molecule has 3 rings (SSSR count). The van der Waals surface area contributed by atoms with E-state index in [1.165, 1.54) is 6.42 Å². The summed E-state index contributed by atoms with van der Waals surface area (Å²) >= 11 is 0. The van der Waals surface area contributed by atoms with Crippen molar-refractivity contribution >= 4 is 10.0 Å². The Morgan fingerprint density at radius 3 is 2.78 bits per heavy atom. The number of piperidine rings is 1. The summed E-state index contributed by atoms with van der Waals surface area (Å²) in [4.78, 5) is 0.387. The van der Waals surface area contributed by atoms with Gasteiger partial charge in [-0.15, -0.1) is 0 Å². The molecular weight excluding hydrogens is 248 g/mol. The van der Waals surface area contributed by atoms with Crippen LogP contribution in [-0.4, -0.2) is 25.3 Å². The Hall–Kier alpha value is -0.910. The fourth-order valence-electron chi connectivity index (χ4n) is 3.14. The number of nitrogens with two attached hydrogens (primary N) is 1. The lowest BCUT2D eigenvalue weighted by atomic mass is 10.1. The summed E-state index contributed by atoms with van der Waals surface area (Å²) in [7, 11) is -3.32. The summed E-state index contributed by atoms with van der Waals surface area (Å²) < 4.78 is 26.8. The molecule has 98 valence electrons. The summed E-state index contributed by atoms with van der Waals surface area (Å²) in [5.74, 6) is 0.572. The van der Waals surface area contributed by atoms with Crippen LogP contribution in [0, 0.1) is 5.92 Å². The average Bonchev–Trinajstić information content (AvgIpc) is 3.01. The summed E-state index contributed by atoms with van der Waals surface area (Å²) in [5, 5.41) is 0. The third-order valence-electron chi connectivity index (χ3n) is 4.10. The van der Waals surface area contributed by atoms with Crippen LogP contribution < -0.4 is 5.73 Å². The molecule has 4 nitrogen and oxygen atoms in total. The highest BCUT2D eigenvalue weighted by atomic mass is 32.2. The number of hydrogen-bond acceptors (Lipinski definition) is 3. The lowest BCUT2D eigenvalue weighted by molar-refractivity contribution is 0.333. The minimum atomic E-state index is -3.32. The van der Waals surface area contributed by atoms with Crippen LogP contribution in [0.15, 0.2) is 29.2 Å². The lowest BCUT2D eigenvalue weighted by Crippen LogP contribution is -2.37. The van der Waals surface area contributed by atoms with Crippen LogP contribution in [0.3, 0.4) is 0 Å². The molecule has 0 amide bonds. The Morgan fingerprint density at radius 1 is 1.33 bits per heavy atom. The molecule has 2 N–H and O–H groups in total. The van der Waals surface area contributed by atoms with Gasteiger partial charge in [-0.05, 0) is 42.9 Å². The Morgan fingerprint density at radius 2 is 2.17 bits per heavy atom. The Labute approximate surface area is 108 Å². The van der Waals surface area contributed by atoms with Gasteiger partial charge in [0.25, 0.3) is 0 Å². The largest absolute Gasteiger partial charge is 0.326 e. The molecule has 18 heavy (non-hydrogen) atoms. The van der Waals surface area contributed by atoms with Gasteiger partial charge in [0.1, 0.15) is 0 Å². The first-order chi connectivity index (χ1) is 8.61. The molecule has 1 heterocycles. The molecule has 0 aromatic heterocycles. The van der Waals surface area contributed by atoms with Gasteiger partial charge in [-0.3, -0.25) is 0 Å². The minimum Gasteiger partial charge on any atom is -0.326 e. The minimum absolute atomic E-state index is 0.224. The molecule has 1 aliphatic carbocycles. The van der Waals surface area contributed by atoms with Crippen molar-refractivity contribution in [3.05, 3.63) is 29.8 Å². The van der Waals surface area contributed by atoms with Crippen molar-refractivity contribution in [3.8, 4) is 0 Å². The van der Waals surface area contributed by atoms with Crippen molar-refractivity contribution < 1.29 is 8.42 Å². The van der Waals surface area contributed by atoms with E-state index in [-0.39, 0.29) is 6.04 Å². The summed E-state index contributed by atoms with van der Waals surface area (Å²) in [5.41, 5.74) is 6.43. The van der Waals surface area contributed by atoms with Gasteiger partial charge in [-0.1, -0.05) is 12.1 Å². The first-order valence-electron chi connectivity index (χ1n) is 6.42. The molecule has 1 saturated carbocycles. The first-order valence-corrected chi connectivity index (χ1v) is 7.86.